The van der Waals surface area contributed by atoms with Crippen molar-refractivity contribution in [3.63, 3.8) is 0 Å². The Morgan fingerprint density at radius 2 is 1.57 bits per heavy atom. The number of benzene rings is 3. The SMILES string of the molecule is COCC(Nc1cccc2ccccc12)c1ccccc1. The van der Waals surface area contributed by atoms with Crippen molar-refractivity contribution in [1.29, 1.82) is 0 Å². The van der Waals surface area contributed by atoms with Crippen LogP contribution in [0.4, 0.5) is 5.69 Å². The first-order valence-electron chi connectivity index (χ1n) is 7.16. The van der Waals surface area contributed by atoms with Gasteiger partial charge < -0.3 is 10.1 Å². The molecule has 0 radical (unpaired) electrons. The molecule has 0 amide bonds. The van der Waals surface area contributed by atoms with Gasteiger partial charge in [0.15, 0.2) is 0 Å². The normalized spacial score (nSPS) is 12.2. The van der Waals surface area contributed by atoms with Crippen LogP contribution in [-0.2, 0) is 4.74 Å². The molecular formula is C19H19NO. The van der Waals surface area contributed by atoms with Crippen LogP contribution in [0, 0.1) is 0 Å². The number of anilines is 1. The number of ether oxygens (including phenoxy) is 1. The van der Waals surface area contributed by atoms with Gasteiger partial charge in [-0.1, -0.05) is 66.7 Å². The molecule has 0 spiro atoms. The van der Waals surface area contributed by atoms with E-state index in [1.165, 1.54) is 16.3 Å². The predicted molar refractivity (Wildman–Crippen MR) is 88.6 cm³/mol. The van der Waals surface area contributed by atoms with Gasteiger partial charge in [-0.25, -0.2) is 0 Å². The van der Waals surface area contributed by atoms with E-state index in [-0.39, 0.29) is 6.04 Å². The molecule has 1 unspecified atom stereocenters. The molecule has 0 heterocycles. The molecule has 0 saturated heterocycles. The van der Waals surface area contributed by atoms with Crippen LogP contribution in [0.3, 0.4) is 0 Å². The highest BCUT2D eigenvalue weighted by Crippen LogP contribution is 2.27. The van der Waals surface area contributed by atoms with Gasteiger partial charge in [0.25, 0.3) is 0 Å². The average molecular weight is 277 g/mol. The summed E-state index contributed by atoms with van der Waals surface area (Å²) in [6, 6.07) is 25.3. The van der Waals surface area contributed by atoms with E-state index in [0.29, 0.717) is 6.61 Å². The highest BCUT2D eigenvalue weighted by atomic mass is 16.5. The Bertz CT molecular complexity index is 704. The zero-order valence-electron chi connectivity index (χ0n) is 12.1. The smallest absolute Gasteiger partial charge is 0.0747 e. The van der Waals surface area contributed by atoms with Gasteiger partial charge in [0, 0.05) is 18.2 Å². The van der Waals surface area contributed by atoms with Crippen molar-refractivity contribution < 1.29 is 4.74 Å². The maximum Gasteiger partial charge on any atom is 0.0747 e. The molecule has 2 heteroatoms. The van der Waals surface area contributed by atoms with Crippen molar-refractivity contribution in [3.8, 4) is 0 Å². The van der Waals surface area contributed by atoms with Crippen molar-refractivity contribution in [2.24, 2.45) is 0 Å². The van der Waals surface area contributed by atoms with Gasteiger partial charge >= 0.3 is 0 Å². The Morgan fingerprint density at radius 1 is 0.857 bits per heavy atom. The van der Waals surface area contributed by atoms with Crippen molar-refractivity contribution in [3.05, 3.63) is 78.4 Å². The molecule has 0 aliphatic rings. The zero-order chi connectivity index (χ0) is 14.5. The summed E-state index contributed by atoms with van der Waals surface area (Å²) >= 11 is 0. The van der Waals surface area contributed by atoms with Gasteiger partial charge in [-0.05, 0) is 17.0 Å². The fourth-order valence-corrected chi connectivity index (χ4v) is 2.61. The lowest BCUT2D eigenvalue weighted by Crippen LogP contribution is -2.16. The minimum absolute atomic E-state index is 0.141. The minimum atomic E-state index is 0.141. The average Bonchev–Trinajstić information content (AvgIpc) is 2.55. The molecule has 106 valence electrons. The first kappa shape index (κ1) is 13.7. The van der Waals surface area contributed by atoms with Crippen molar-refractivity contribution in [1.82, 2.24) is 0 Å². The second-order valence-electron chi connectivity index (χ2n) is 5.09. The van der Waals surface area contributed by atoms with E-state index in [4.69, 9.17) is 4.74 Å². The van der Waals surface area contributed by atoms with Gasteiger partial charge in [-0.2, -0.15) is 0 Å². The molecular weight excluding hydrogens is 258 g/mol. The summed E-state index contributed by atoms with van der Waals surface area (Å²) in [5.41, 5.74) is 2.37. The topological polar surface area (TPSA) is 21.3 Å². The number of hydrogen-bond donors (Lipinski definition) is 1. The first-order valence-corrected chi connectivity index (χ1v) is 7.16. The third-order valence-electron chi connectivity index (χ3n) is 3.65. The van der Waals surface area contributed by atoms with Crippen molar-refractivity contribution in [2.45, 2.75) is 6.04 Å². The van der Waals surface area contributed by atoms with Crippen LogP contribution < -0.4 is 5.32 Å². The Balaban J connectivity index is 1.95. The summed E-state index contributed by atoms with van der Waals surface area (Å²) in [6.07, 6.45) is 0. The third-order valence-corrected chi connectivity index (χ3v) is 3.65. The Morgan fingerprint density at radius 3 is 2.38 bits per heavy atom. The fourth-order valence-electron chi connectivity index (χ4n) is 2.61. The lowest BCUT2D eigenvalue weighted by molar-refractivity contribution is 0.186. The molecule has 0 bridgehead atoms. The second-order valence-corrected chi connectivity index (χ2v) is 5.09. The molecule has 0 fully saturated rings. The Kier molecular flexibility index (Phi) is 4.17. The number of methoxy groups -OCH3 is 1. The Hall–Kier alpha value is -2.32. The van der Waals surface area contributed by atoms with Gasteiger partial charge in [-0.15, -0.1) is 0 Å². The maximum atomic E-state index is 5.38. The van der Waals surface area contributed by atoms with Crippen molar-refractivity contribution >= 4 is 16.5 Å². The van der Waals surface area contributed by atoms with Gasteiger partial charge in [-0.3, -0.25) is 0 Å². The standard InChI is InChI=1S/C19H19NO/c1-21-14-19(16-9-3-2-4-10-16)20-18-13-7-11-15-8-5-6-12-17(15)18/h2-13,19-20H,14H2,1H3. The van der Waals surface area contributed by atoms with E-state index in [2.05, 4.69) is 72.0 Å². The number of fused-ring (bicyclic) bond motifs is 1. The van der Waals surface area contributed by atoms with E-state index < -0.39 is 0 Å². The molecule has 21 heavy (non-hydrogen) atoms. The third kappa shape index (κ3) is 3.06. The number of rotatable bonds is 5. The van der Waals surface area contributed by atoms with E-state index in [9.17, 15) is 0 Å². The van der Waals surface area contributed by atoms with E-state index in [0.717, 1.165) is 5.69 Å². The molecule has 1 atom stereocenters. The summed E-state index contributed by atoms with van der Waals surface area (Å²) in [5, 5.41) is 6.09. The van der Waals surface area contributed by atoms with Crippen LogP contribution in [0.5, 0.6) is 0 Å². The second kappa shape index (κ2) is 6.42. The fraction of sp³-hybridized carbons (Fsp3) is 0.158. The van der Waals surface area contributed by atoms with E-state index >= 15 is 0 Å². The highest BCUT2D eigenvalue weighted by molar-refractivity contribution is 5.93. The summed E-state index contributed by atoms with van der Waals surface area (Å²) in [4.78, 5) is 0. The van der Waals surface area contributed by atoms with Gasteiger partial charge in [0.1, 0.15) is 0 Å². The highest BCUT2D eigenvalue weighted by Gasteiger charge is 2.12. The van der Waals surface area contributed by atoms with Crippen LogP contribution >= 0.6 is 0 Å². The largest absolute Gasteiger partial charge is 0.382 e. The van der Waals surface area contributed by atoms with E-state index in [1.807, 2.05) is 6.07 Å². The quantitative estimate of drug-likeness (QED) is 0.733. The number of nitrogens with one attached hydrogen (secondary N) is 1. The monoisotopic (exact) mass is 277 g/mol. The van der Waals surface area contributed by atoms with E-state index in [1.54, 1.807) is 7.11 Å². The van der Waals surface area contributed by atoms with Crippen LogP contribution in [0.1, 0.15) is 11.6 Å². The number of hydrogen-bond acceptors (Lipinski definition) is 2. The molecule has 1 N–H and O–H groups in total. The molecule has 0 aliphatic heterocycles. The van der Waals surface area contributed by atoms with Crippen molar-refractivity contribution in [2.75, 3.05) is 19.0 Å². The first-order chi connectivity index (χ1) is 10.4. The summed E-state index contributed by atoms with van der Waals surface area (Å²) in [5.74, 6) is 0. The Labute approximate surface area is 125 Å². The molecule has 3 rings (SSSR count). The molecule has 3 aromatic carbocycles. The molecule has 0 saturated carbocycles. The summed E-state index contributed by atoms with van der Waals surface area (Å²) < 4.78 is 5.38. The van der Waals surface area contributed by atoms with Gasteiger partial charge in [0.2, 0.25) is 0 Å². The predicted octanol–water partition coefficient (Wildman–Crippen LogP) is 4.64. The molecule has 0 aromatic heterocycles. The van der Waals surface area contributed by atoms with Crippen LogP contribution in [-0.4, -0.2) is 13.7 Å². The lowest BCUT2D eigenvalue weighted by Gasteiger charge is -2.21. The minimum Gasteiger partial charge on any atom is -0.382 e. The zero-order valence-corrected chi connectivity index (χ0v) is 12.1. The molecule has 3 aromatic rings. The summed E-state index contributed by atoms with van der Waals surface area (Å²) in [6.45, 7) is 0.632. The summed E-state index contributed by atoms with van der Waals surface area (Å²) in [7, 11) is 1.74. The van der Waals surface area contributed by atoms with Gasteiger partial charge in [0.05, 0.1) is 12.6 Å². The lowest BCUT2D eigenvalue weighted by atomic mass is 10.0. The van der Waals surface area contributed by atoms with Crippen LogP contribution in [0.2, 0.25) is 0 Å². The molecule has 2 nitrogen and oxygen atoms in total. The van der Waals surface area contributed by atoms with Crippen LogP contribution in [0.15, 0.2) is 72.8 Å². The van der Waals surface area contributed by atoms with Crippen LogP contribution in [0.25, 0.3) is 10.8 Å². The molecule has 0 aliphatic carbocycles. The maximum absolute atomic E-state index is 5.38.